The molecular formula is C20H27N3O. The number of nitrogens with zero attached hydrogens (tertiary/aromatic N) is 2. The van der Waals surface area contributed by atoms with Crippen molar-refractivity contribution in [3.63, 3.8) is 0 Å². The number of benzene rings is 1. The number of nitrogens with one attached hydrogen (secondary N) is 1. The van der Waals surface area contributed by atoms with Gasteiger partial charge in [-0.2, -0.15) is 0 Å². The van der Waals surface area contributed by atoms with E-state index in [0.29, 0.717) is 0 Å². The van der Waals surface area contributed by atoms with E-state index < -0.39 is 0 Å². The number of oxazole rings is 1. The molecule has 0 radical (unpaired) electrons. The lowest BCUT2D eigenvalue weighted by Crippen LogP contribution is -2.40. The number of rotatable bonds is 4. The first-order valence-corrected chi connectivity index (χ1v) is 9.25. The zero-order valence-corrected chi connectivity index (χ0v) is 14.5. The van der Waals surface area contributed by atoms with Crippen LogP contribution in [-0.2, 0) is 6.54 Å². The average Bonchev–Trinajstić information content (AvgIpc) is 3.28. The molecule has 2 aliphatic rings. The molecule has 1 aromatic carbocycles. The summed E-state index contributed by atoms with van der Waals surface area (Å²) in [5, 5.41) is 3.67. The van der Waals surface area contributed by atoms with Gasteiger partial charge in [-0.1, -0.05) is 17.7 Å². The topological polar surface area (TPSA) is 41.3 Å². The summed E-state index contributed by atoms with van der Waals surface area (Å²) in [6.45, 7) is 6.56. The Morgan fingerprint density at radius 1 is 1.17 bits per heavy atom. The van der Waals surface area contributed by atoms with Crippen molar-refractivity contribution in [3.05, 3.63) is 41.8 Å². The van der Waals surface area contributed by atoms with Gasteiger partial charge in [-0.15, -0.1) is 0 Å². The highest BCUT2D eigenvalue weighted by molar-refractivity contribution is 5.53. The Morgan fingerprint density at radius 2 is 1.96 bits per heavy atom. The van der Waals surface area contributed by atoms with Crippen molar-refractivity contribution in [2.24, 2.45) is 5.92 Å². The third kappa shape index (κ3) is 3.55. The molecule has 1 unspecified atom stereocenters. The lowest BCUT2D eigenvalue weighted by atomic mass is 9.88. The highest BCUT2D eigenvalue weighted by Crippen LogP contribution is 2.27. The van der Waals surface area contributed by atoms with E-state index in [1.54, 1.807) is 0 Å². The summed E-state index contributed by atoms with van der Waals surface area (Å²) in [4.78, 5) is 7.20. The average molecular weight is 325 g/mol. The molecule has 128 valence electrons. The van der Waals surface area contributed by atoms with Crippen molar-refractivity contribution in [2.75, 3.05) is 19.6 Å². The van der Waals surface area contributed by atoms with E-state index in [9.17, 15) is 0 Å². The van der Waals surface area contributed by atoms with Crippen molar-refractivity contribution < 1.29 is 4.42 Å². The number of hydrogen-bond acceptors (Lipinski definition) is 4. The number of aryl methyl sites for hydroxylation is 1. The maximum Gasteiger partial charge on any atom is 0.226 e. The molecule has 2 aromatic rings. The van der Waals surface area contributed by atoms with Crippen LogP contribution in [0.5, 0.6) is 0 Å². The van der Waals surface area contributed by atoms with E-state index in [1.165, 1.54) is 50.9 Å². The Hall–Kier alpha value is -1.65. The van der Waals surface area contributed by atoms with E-state index in [-0.39, 0.29) is 0 Å². The third-order valence-corrected chi connectivity index (χ3v) is 5.54. The second-order valence-corrected chi connectivity index (χ2v) is 7.33. The van der Waals surface area contributed by atoms with Crippen LogP contribution in [0.1, 0.15) is 36.9 Å². The Balaban J connectivity index is 1.32. The van der Waals surface area contributed by atoms with Gasteiger partial charge >= 0.3 is 0 Å². The van der Waals surface area contributed by atoms with Crippen LogP contribution in [0.4, 0.5) is 0 Å². The summed E-state index contributed by atoms with van der Waals surface area (Å²) in [6, 6.07) is 9.12. The predicted octanol–water partition coefficient (Wildman–Crippen LogP) is 3.61. The quantitative estimate of drug-likeness (QED) is 0.932. The largest absolute Gasteiger partial charge is 0.444 e. The number of piperidine rings is 1. The molecule has 4 nitrogen and oxygen atoms in total. The summed E-state index contributed by atoms with van der Waals surface area (Å²) in [7, 11) is 0. The molecule has 2 aliphatic heterocycles. The van der Waals surface area contributed by atoms with Crippen LogP contribution in [-0.4, -0.2) is 35.6 Å². The van der Waals surface area contributed by atoms with Crippen molar-refractivity contribution in [2.45, 2.75) is 45.2 Å². The van der Waals surface area contributed by atoms with Crippen LogP contribution in [0.15, 0.2) is 34.9 Å². The van der Waals surface area contributed by atoms with Crippen molar-refractivity contribution in [3.8, 4) is 11.5 Å². The SMILES string of the molecule is Cc1ccc(-c2nc(CN3CCC(C4CCCN4)CC3)co2)cc1. The number of aromatic nitrogens is 1. The molecule has 24 heavy (non-hydrogen) atoms. The van der Waals surface area contributed by atoms with Gasteiger partial charge in [0.25, 0.3) is 0 Å². The van der Waals surface area contributed by atoms with Gasteiger partial charge < -0.3 is 9.73 Å². The first-order valence-electron chi connectivity index (χ1n) is 9.25. The predicted molar refractivity (Wildman–Crippen MR) is 95.7 cm³/mol. The Morgan fingerprint density at radius 3 is 2.67 bits per heavy atom. The highest BCUT2D eigenvalue weighted by atomic mass is 16.3. The Labute approximate surface area is 144 Å². The smallest absolute Gasteiger partial charge is 0.226 e. The molecule has 2 saturated heterocycles. The molecule has 0 amide bonds. The fourth-order valence-corrected chi connectivity index (χ4v) is 4.06. The summed E-state index contributed by atoms with van der Waals surface area (Å²) < 4.78 is 5.69. The molecule has 4 rings (SSSR count). The van der Waals surface area contributed by atoms with E-state index >= 15 is 0 Å². The second kappa shape index (κ2) is 7.08. The fourth-order valence-electron chi connectivity index (χ4n) is 4.06. The molecule has 1 N–H and O–H groups in total. The monoisotopic (exact) mass is 325 g/mol. The van der Waals surface area contributed by atoms with Gasteiger partial charge in [-0.25, -0.2) is 4.98 Å². The maximum absolute atomic E-state index is 5.69. The summed E-state index contributed by atoms with van der Waals surface area (Å²) in [5.74, 6) is 1.60. The van der Waals surface area contributed by atoms with Gasteiger partial charge in [0, 0.05) is 18.2 Å². The van der Waals surface area contributed by atoms with Crippen molar-refractivity contribution in [1.82, 2.24) is 15.2 Å². The van der Waals surface area contributed by atoms with Gasteiger partial charge in [0.15, 0.2) is 0 Å². The maximum atomic E-state index is 5.69. The molecule has 0 bridgehead atoms. The van der Waals surface area contributed by atoms with E-state index in [1.807, 2.05) is 6.26 Å². The minimum absolute atomic E-state index is 0.732. The number of hydrogen-bond donors (Lipinski definition) is 1. The van der Waals surface area contributed by atoms with Crippen LogP contribution in [0.2, 0.25) is 0 Å². The van der Waals surface area contributed by atoms with Crippen LogP contribution in [0.3, 0.4) is 0 Å². The standard InChI is InChI=1S/C20H27N3O/c1-15-4-6-17(7-5-15)20-22-18(14-24-20)13-23-11-8-16(9-12-23)19-3-2-10-21-19/h4-7,14,16,19,21H,2-3,8-13H2,1H3. The van der Waals surface area contributed by atoms with E-state index in [0.717, 1.165) is 35.7 Å². The van der Waals surface area contributed by atoms with Crippen LogP contribution in [0.25, 0.3) is 11.5 Å². The van der Waals surface area contributed by atoms with Gasteiger partial charge in [-0.3, -0.25) is 4.90 Å². The molecule has 2 fully saturated rings. The highest BCUT2D eigenvalue weighted by Gasteiger charge is 2.28. The zero-order chi connectivity index (χ0) is 16.4. The lowest BCUT2D eigenvalue weighted by Gasteiger charge is -2.34. The molecule has 0 aliphatic carbocycles. The summed E-state index contributed by atoms with van der Waals surface area (Å²) in [5.41, 5.74) is 3.35. The van der Waals surface area contributed by atoms with Crippen molar-refractivity contribution in [1.29, 1.82) is 0 Å². The Bertz CT molecular complexity index is 650. The van der Waals surface area contributed by atoms with Crippen LogP contribution >= 0.6 is 0 Å². The van der Waals surface area contributed by atoms with E-state index in [2.05, 4.69) is 46.4 Å². The normalized spacial score (nSPS) is 23.0. The molecular weight excluding hydrogens is 298 g/mol. The van der Waals surface area contributed by atoms with Crippen LogP contribution < -0.4 is 5.32 Å². The van der Waals surface area contributed by atoms with Crippen molar-refractivity contribution >= 4 is 0 Å². The fraction of sp³-hybridized carbons (Fsp3) is 0.550. The van der Waals surface area contributed by atoms with Crippen LogP contribution in [0, 0.1) is 12.8 Å². The van der Waals surface area contributed by atoms with Gasteiger partial charge in [0.1, 0.15) is 6.26 Å². The first-order chi connectivity index (χ1) is 11.8. The number of likely N-dealkylation sites (tertiary alicyclic amines) is 1. The molecule has 4 heteroatoms. The zero-order valence-electron chi connectivity index (χ0n) is 14.5. The lowest BCUT2D eigenvalue weighted by molar-refractivity contribution is 0.156. The third-order valence-electron chi connectivity index (χ3n) is 5.54. The second-order valence-electron chi connectivity index (χ2n) is 7.33. The molecule has 1 atom stereocenters. The molecule has 0 spiro atoms. The summed E-state index contributed by atoms with van der Waals surface area (Å²) in [6.07, 6.45) is 7.15. The molecule has 0 saturated carbocycles. The first kappa shape index (κ1) is 15.9. The summed E-state index contributed by atoms with van der Waals surface area (Å²) >= 11 is 0. The van der Waals surface area contributed by atoms with Gasteiger partial charge in [-0.05, 0) is 70.3 Å². The van der Waals surface area contributed by atoms with Gasteiger partial charge in [0.05, 0.1) is 5.69 Å². The van der Waals surface area contributed by atoms with E-state index in [4.69, 9.17) is 4.42 Å². The Kier molecular flexibility index (Phi) is 4.67. The molecule has 3 heterocycles. The molecule has 1 aromatic heterocycles. The minimum atomic E-state index is 0.732. The minimum Gasteiger partial charge on any atom is -0.444 e. The van der Waals surface area contributed by atoms with Gasteiger partial charge in [0.2, 0.25) is 5.89 Å².